The van der Waals surface area contributed by atoms with Crippen LogP contribution in [0.25, 0.3) is 0 Å². The van der Waals surface area contributed by atoms with Gasteiger partial charge < -0.3 is 14.4 Å². The van der Waals surface area contributed by atoms with Crippen molar-refractivity contribution in [3.8, 4) is 5.75 Å². The molecular weight excluding hydrogens is 476 g/mol. The largest absolute Gasteiger partial charge is 0.497 e. The fraction of sp³-hybridized carbons (Fsp3) is 0.167. The van der Waals surface area contributed by atoms with Gasteiger partial charge >= 0.3 is 5.97 Å². The summed E-state index contributed by atoms with van der Waals surface area (Å²) in [6, 6.07) is 19.4. The van der Waals surface area contributed by atoms with Gasteiger partial charge in [0.1, 0.15) is 5.75 Å². The third kappa shape index (κ3) is 5.35. The molecule has 8 nitrogen and oxygen atoms in total. The summed E-state index contributed by atoms with van der Waals surface area (Å²) < 4.78 is 38.3. The molecule has 0 fully saturated rings. The van der Waals surface area contributed by atoms with E-state index in [-0.39, 0.29) is 16.4 Å². The van der Waals surface area contributed by atoms with Crippen molar-refractivity contribution < 1.29 is 27.5 Å². The Balaban J connectivity index is 1.42. The lowest BCUT2D eigenvalue weighted by atomic mass is 10.2. The van der Waals surface area contributed by atoms with Gasteiger partial charge in [0.05, 0.1) is 23.3 Å². The number of hydrogen-bond acceptors (Lipinski definition) is 7. The number of nitrogens with one attached hydrogen (secondary N) is 1. The number of nitrogens with zero attached hydrogens (tertiary/aromatic N) is 1. The number of anilines is 2. The third-order valence-electron chi connectivity index (χ3n) is 5.08. The van der Waals surface area contributed by atoms with Crippen molar-refractivity contribution in [2.24, 2.45) is 0 Å². The Bertz CT molecular complexity index is 1310. The maximum atomic E-state index is 12.8. The number of benzene rings is 3. The number of sulfonamides is 1. The van der Waals surface area contributed by atoms with Crippen LogP contribution in [0.3, 0.4) is 0 Å². The Labute approximate surface area is 201 Å². The smallest absolute Gasteiger partial charge is 0.338 e. The van der Waals surface area contributed by atoms with E-state index in [4.69, 9.17) is 9.47 Å². The average Bonchev–Trinajstić information content (AvgIpc) is 2.87. The van der Waals surface area contributed by atoms with E-state index in [1.807, 2.05) is 24.3 Å². The summed E-state index contributed by atoms with van der Waals surface area (Å²) in [7, 11) is -2.43. The molecule has 0 atom stereocenters. The van der Waals surface area contributed by atoms with Gasteiger partial charge in [-0.3, -0.25) is 9.52 Å². The number of carbonyl (C=O) groups is 2. The van der Waals surface area contributed by atoms with Crippen LogP contribution in [0, 0.1) is 0 Å². The van der Waals surface area contributed by atoms with E-state index in [2.05, 4.69) is 4.72 Å². The molecule has 0 radical (unpaired) electrons. The van der Waals surface area contributed by atoms with E-state index in [0.29, 0.717) is 18.0 Å². The normalized spacial score (nSPS) is 13.0. The van der Waals surface area contributed by atoms with Crippen molar-refractivity contribution in [2.45, 2.75) is 9.79 Å². The molecule has 0 saturated heterocycles. The highest BCUT2D eigenvalue weighted by Gasteiger charge is 2.24. The standard InChI is InChI=1S/C24H22N2O6S2/c1-31-19-11-9-18(10-12-19)25-34(29,30)20-6-4-5-17(15-20)24(28)32-16-23(27)26-13-14-33-22-8-3-2-7-21(22)26/h2-12,15,25H,13-14,16H2,1H3. The first-order chi connectivity index (χ1) is 16.4. The highest BCUT2D eigenvalue weighted by molar-refractivity contribution is 7.99. The molecule has 4 rings (SSSR count). The van der Waals surface area contributed by atoms with Crippen LogP contribution in [0.15, 0.2) is 82.6 Å². The van der Waals surface area contributed by atoms with Crippen LogP contribution in [-0.4, -0.2) is 46.3 Å². The molecule has 1 aliphatic rings. The van der Waals surface area contributed by atoms with Gasteiger partial charge in [-0.25, -0.2) is 13.2 Å². The van der Waals surface area contributed by atoms with Gasteiger partial charge in [-0.1, -0.05) is 18.2 Å². The number of para-hydroxylation sites is 1. The van der Waals surface area contributed by atoms with Crippen LogP contribution in [-0.2, 0) is 19.6 Å². The van der Waals surface area contributed by atoms with E-state index >= 15 is 0 Å². The fourth-order valence-corrected chi connectivity index (χ4v) is 5.48. The summed E-state index contributed by atoms with van der Waals surface area (Å²) in [4.78, 5) is 27.7. The highest BCUT2D eigenvalue weighted by atomic mass is 32.2. The molecule has 3 aromatic carbocycles. The summed E-state index contributed by atoms with van der Waals surface area (Å²) in [5.41, 5.74) is 1.16. The van der Waals surface area contributed by atoms with Crippen molar-refractivity contribution in [3.05, 3.63) is 78.4 Å². The molecule has 0 bridgehead atoms. The van der Waals surface area contributed by atoms with Crippen LogP contribution in [0.2, 0.25) is 0 Å². The number of ether oxygens (including phenoxy) is 2. The van der Waals surface area contributed by atoms with Crippen molar-refractivity contribution in [3.63, 3.8) is 0 Å². The Hall–Kier alpha value is -3.50. The molecule has 1 amide bonds. The molecule has 0 aromatic heterocycles. The number of thioether (sulfide) groups is 1. The maximum absolute atomic E-state index is 12.8. The van der Waals surface area contributed by atoms with Crippen molar-refractivity contribution >= 4 is 45.0 Å². The first-order valence-electron chi connectivity index (χ1n) is 10.3. The number of fused-ring (bicyclic) bond motifs is 1. The van der Waals surface area contributed by atoms with Gasteiger partial charge in [0.2, 0.25) is 0 Å². The van der Waals surface area contributed by atoms with E-state index in [0.717, 1.165) is 16.3 Å². The van der Waals surface area contributed by atoms with Gasteiger partial charge in [-0.05, 0) is 54.6 Å². The molecule has 0 saturated carbocycles. The lowest BCUT2D eigenvalue weighted by molar-refractivity contribution is -0.121. The zero-order valence-corrected chi connectivity index (χ0v) is 19.9. The van der Waals surface area contributed by atoms with Gasteiger partial charge in [0.15, 0.2) is 6.61 Å². The van der Waals surface area contributed by atoms with Gasteiger partial charge in [-0.2, -0.15) is 0 Å². The summed E-state index contributed by atoms with van der Waals surface area (Å²) in [5.74, 6) is 0.215. The zero-order valence-electron chi connectivity index (χ0n) is 18.3. The van der Waals surface area contributed by atoms with Crippen LogP contribution < -0.4 is 14.4 Å². The van der Waals surface area contributed by atoms with E-state index < -0.39 is 22.6 Å². The van der Waals surface area contributed by atoms with Gasteiger partial charge in [0.25, 0.3) is 15.9 Å². The van der Waals surface area contributed by atoms with Crippen molar-refractivity contribution in [1.29, 1.82) is 0 Å². The molecule has 0 aliphatic carbocycles. The van der Waals surface area contributed by atoms with Crippen LogP contribution in [0.5, 0.6) is 5.75 Å². The number of rotatable bonds is 7. The molecular formula is C24H22N2O6S2. The second kappa shape index (κ2) is 10.2. The second-order valence-electron chi connectivity index (χ2n) is 7.30. The Morgan fingerprint density at radius 2 is 1.79 bits per heavy atom. The number of amides is 1. The van der Waals surface area contributed by atoms with Crippen LogP contribution in [0.4, 0.5) is 11.4 Å². The number of carbonyl (C=O) groups excluding carboxylic acids is 2. The minimum absolute atomic E-state index is 0.0278. The summed E-state index contributed by atoms with van der Waals surface area (Å²) in [6.07, 6.45) is 0. The molecule has 34 heavy (non-hydrogen) atoms. The molecule has 1 aliphatic heterocycles. The predicted molar refractivity (Wildman–Crippen MR) is 130 cm³/mol. The third-order valence-corrected chi connectivity index (χ3v) is 7.50. The second-order valence-corrected chi connectivity index (χ2v) is 10.1. The first-order valence-corrected chi connectivity index (χ1v) is 12.8. The maximum Gasteiger partial charge on any atom is 0.338 e. The Morgan fingerprint density at radius 3 is 2.56 bits per heavy atom. The lowest BCUT2D eigenvalue weighted by Crippen LogP contribution is -2.38. The number of esters is 1. The molecule has 0 spiro atoms. The van der Waals surface area contributed by atoms with E-state index in [9.17, 15) is 18.0 Å². The SMILES string of the molecule is COc1ccc(NS(=O)(=O)c2cccc(C(=O)OCC(=O)N3CCSc4ccccc43)c2)cc1. The molecule has 176 valence electrons. The monoisotopic (exact) mass is 498 g/mol. The predicted octanol–water partition coefficient (Wildman–Crippen LogP) is 3.79. The number of methoxy groups -OCH3 is 1. The molecule has 1 N–H and O–H groups in total. The molecule has 1 heterocycles. The summed E-state index contributed by atoms with van der Waals surface area (Å²) in [5, 5.41) is 0. The van der Waals surface area contributed by atoms with Crippen LogP contribution >= 0.6 is 11.8 Å². The summed E-state index contributed by atoms with van der Waals surface area (Å²) in [6.45, 7) is 0.0712. The van der Waals surface area contributed by atoms with Gasteiger partial charge in [-0.15, -0.1) is 11.8 Å². The topological polar surface area (TPSA) is 102 Å². The summed E-state index contributed by atoms with van der Waals surface area (Å²) >= 11 is 1.67. The fourth-order valence-electron chi connectivity index (χ4n) is 3.38. The van der Waals surface area contributed by atoms with Crippen LogP contribution in [0.1, 0.15) is 10.4 Å². The molecule has 10 heteroatoms. The van der Waals surface area contributed by atoms with E-state index in [1.54, 1.807) is 40.9 Å². The van der Waals surface area contributed by atoms with Gasteiger partial charge in [0, 0.05) is 22.9 Å². The highest BCUT2D eigenvalue weighted by Crippen LogP contribution is 2.34. The molecule has 0 unspecified atom stereocenters. The number of hydrogen-bond donors (Lipinski definition) is 1. The average molecular weight is 499 g/mol. The quantitative estimate of drug-likeness (QED) is 0.495. The first kappa shape index (κ1) is 23.7. The van der Waals surface area contributed by atoms with E-state index in [1.165, 1.54) is 31.4 Å². The Kier molecular flexibility index (Phi) is 7.09. The Morgan fingerprint density at radius 1 is 1.03 bits per heavy atom. The zero-order chi connectivity index (χ0) is 24.1. The lowest BCUT2D eigenvalue weighted by Gasteiger charge is -2.28. The van der Waals surface area contributed by atoms with Crippen molar-refractivity contribution in [1.82, 2.24) is 0 Å². The minimum Gasteiger partial charge on any atom is -0.497 e. The molecule has 3 aromatic rings. The van der Waals surface area contributed by atoms with Crippen molar-refractivity contribution in [2.75, 3.05) is 35.6 Å². The minimum atomic E-state index is -3.95.